The molecule has 0 unspecified atom stereocenters. The fourth-order valence-corrected chi connectivity index (χ4v) is 1.65. The van der Waals surface area contributed by atoms with Crippen molar-refractivity contribution < 1.29 is 9.47 Å². The molecule has 0 radical (unpaired) electrons. The minimum atomic E-state index is -0.511. The molecule has 2 nitrogen and oxygen atoms in total. The van der Waals surface area contributed by atoms with Gasteiger partial charge in [-0.1, -0.05) is 17.8 Å². The fraction of sp³-hybridized carbons (Fsp3) is 0.600. The first-order chi connectivity index (χ1) is 8.64. The predicted molar refractivity (Wildman–Crippen MR) is 75.6 cm³/mol. The van der Waals surface area contributed by atoms with Crippen molar-refractivity contribution in [1.82, 2.24) is 0 Å². The molecule has 1 aliphatic heterocycles. The van der Waals surface area contributed by atoms with E-state index in [0.717, 1.165) is 25.7 Å². The van der Waals surface area contributed by atoms with Gasteiger partial charge < -0.3 is 9.47 Å². The van der Waals surface area contributed by atoms with Gasteiger partial charge in [0.25, 0.3) is 0 Å². The standard InChI is InChI=1S/C15H17BrO2/c1-15(2)17-13-14(18-15)11-9-7-5-3-4-6-8-10-12-16/h14H,3-4,6,8,13H2,1-2H3/t14-/m0/s1. The van der Waals surface area contributed by atoms with E-state index in [1.54, 1.807) is 0 Å². The summed E-state index contributed by atoms with van der Waals surface area (Å²) in [6.07, 6.45) is 3.78. The number of unbranched alkanes of at least 4 members (excludes halogenated alkanes) is 3. The molecule has 0 aromatic carbocycles. The van der Waals surface area contributed by atoms with Gasteiger partial charge in [0.05, 0.1) is 6.61 Å². The number of ether oxygens (including phenoxy) is 2. The molecular formula is C15H17BrO2. The summed E-state index contributed by atoms with van der Waals surface area (Å²) in [4.78, 5) is 2.70. The maximum absolute atomic E-state index is 5.54. The molecule has 1 saturated heterocycles. The Kier molecular flexibility index (Phi) is 6.92. The van der Waals surface area contributed by atoms with E-state index in [-0.39, 0.29) is 6.10 Å². The Morgan fingerprint density at radius 3 is 2.50 bits per heavy atom. The smallest absolute Gasteiger partial charge is 0.164 e. The van der Waals surface area contributed by atoms with Crippen LogP contribution in [0.3, 0.4) is 0 Å². The molecule has 18 heavy (non-hydrogen) atoms. The molecule has 96 valence electrons. The summed E-state index contributed by atoms with van der Waals surface area (Å²) in [6, 6.07) is 0. The lowest BCUT2D eigenvalue weighted by Crippen LogP contribution is -2.20. The van der Waals surface area contributed by atoms with Crippen LogP contribution in [0, 0.1) is 34.4 Å². The zero-order valence-corrected chi connectivity index (χ0v) is 12.4. The van der Waals surface area contributed by atoms with Crippen molar-refractivity contribution in [3.05, 3.63) is 0 Å². The maximum atomic E-state index is 5.54. The van der Waals surface area contributed by atoms with Crippen molar-refractivity contribution in [3.8, 4) is 34.4 Å². The third-order valence-electron chi connectivity index (χ3n) is 2.31. The van der Waals surface area contributed by atoms with E-state index in [4.69, 9.17) is 9.47 Å². The van der Waals surface area contributed by atoms with Gasteiger partial charge in [-0.05, 0) is 43.4 Å². The Morgan fingerprint density at radius 1 is 1.17 bits per heavy atom. The highest BCUT2D eigenvalue weighted by Crippen LogP contribution is 2.21. The average Bonchev–Trinajstić information content (AvgIpc) is 2.67. The predicted octanol–water partition coefficient (Wildman–Crippen LogP) is 3.06. The van der Waals surface area contributed by atoms with Gasteiger partial charge in [0.15, 0.2) is 5.79 Å². The van der Waals surface area contributed by atoms with Gasteiger partial charge in [0, 0.05) is 28.8 Å². The second kappa shape index (κ2) is 8.23. The minimum absolute atomic E-state index is 0.150. The van der Waals surface area contributed by atoms with Crippen LogP contribution in [0.25, 0.3) is 0 Å². The van der Waals surface area contributed by atoms with E-state index in [1.807, 2.05) is 13.8 Å². The first-order valence-corrected chi connectivity index (χ1v) is 6.82. The van der Waals surface area contributed by atoms with Gasteiger partial charge in [-0.15, -0.1) is 0 Å². The van der Waals surface area contributed by atoms with Crippen molar-refractivity contribution in [2.45, 2.75) is 51.4 Å². The minimum Gasteiger partial charge on any atom is -0.347 e. The summed E-state index contributed by atoms with van der Waals surface area (Å²) in [6.45, 7) is 4.29. The van der Waals surface area contributed by atoms with E-state index >= 15 is 0 Å². The van der Waals surface area contributed by atoms with Crippen molar-refractivity contribution in [1.29, 1.82) is 0 Å². The topological polar surface area (TPSA) is 18.5 Å². The Morgan fingerprint density at radius 2 is 1.89 bits per heavy atom. The molecule has 0 amide bonds. The molecule has 3 heteroatoms. The van der Waals surface area contributed by atoms with Crippen LogP contribution in [0.5, 0.6) is 0 Å². The Hall–Kier alpha value is -0.920. The van der Waals surface area contributed by atoms with E-state index in [0.29, 0.717) is 6.61 Å². The summed E-state index contributed by atoms with van der Waals surface area (Å²) < 4.78 is 10.9. The molecule has 0 aliphatic carbocycles. The highest BCUT2D eigenvalue weighted by molar-refractivity contribution is 9.12. The summed E-state index contributed by atoms with van der Waals surface area (Å²) in [5.41, 5.74) is 0. The van der Waals surface area contributed by atoms with E-state index < -0.39 is 5.79 Å². The summed E-state index contributed by atoms with van der Waals surface area (Å²) in [5.74, 6) is 14.1. The van der Waals surface area contributed by atoms with Gasteiger partial charge in [-0.3, -0.25) is 0 Å². The first kappa shape index (κ1) is 15.1. The molecule has 1 heterocycles. The maximum Gasteiger partial charge on any atom is 0.164 e. The molecule has 0 bridgehead atoms. The van der Waals surface area contributed by atoms with Crippen molar-refractivity contribution >= 4 is 15.9 Å². The molecule has 1 fully saturated rings. The normalized spacial score (nSPS) is 19.8. The van der Waals surface area contributed by atoms with E-state index in [1.165, 1.54) is 0 Å². The Labute approximate surface area is 118 Å². The molecule has 0 saturated carbocycles. The average molecular weight is 309 g/mol. The molecule has 1 aliphatic rings. The zero-order valence-electron chi connectivity index (χ0n) is 10.8. The van der Waals surface area contributed by atoms with Crippen LogP contribution in [0.15, 0.2) is 0 Å². The second-order valence-electron chi connectivity index (χ2n) is 4.37. The number of halogens is 1. The van der Waals surface area contributed by atoms with Crippen molar-refractivity contribution in [2.24, 2.45) is 0 Å². The SMILES string of the molecule is CC1(C)OC[C@H](C#CC#CCCCCC#CBr)O1. The molecule has 1 rings (SSSR count). The quantitative estimate of drug-likeness (QED) is 0.589. The van der Waals surface area contributed by atoms with Crippen LogP contribution in [0.2, 0.25) is 0 Å². The second-order valence-corrected chi connectivity index (χ2v) is 4.76. The van der Waals surface area contributed by atoms with Gasteiger partial charge in [-0.2, -0.15) is 0 Å². The summed E-state index contributed by atoms with van der Waals surface area (Å²) in [5, 5.41) is 0. The summed E-state index contributed by atoms with van der Waals surface area (Å²) >= 11 is 3.06. The zero-order chi connectivity index (χ0) is 13.3. The molecule has 1 atom stereocenters. The van der Waals surface area contributed by atoms with Crippen LogP contribution in [0.4, 0.5) is 0 Å². The van der Waals surface area contributed by atoms with Gasteiger partial charge in [0.2, 0.25) is 0 Å². The highest BCUT2D eigenvalue weighted by Gasteiger charge is 2.31. The lowest BCUT2D eigenvalue weighted by molar-refractivity contribution is -0.132. The van der Waals surface area contributed by atoms with Crippen LogP contribution < -0.4 is 0 Å². The van der Waals surface area contributed by atoms with Crippen LogP contribution in [-0.2, 0) is 9.47 Å². The van der Waals surface area contributed by atoms with Crippen molar-refractivity contribution in [3.63, 3.8) is 0 Å². The fourth-order valence-electron chi connectivity index (χ4n) is 1.46. The third kappa shape index (κ3) is 6.73. The van der Waals surface area contributed by atoms with Gasteiger partial charge in [0.1, 0.15) is 6.10 Å². The van der Waals surface area contributed by atoms with Crippen LogP contribution in [0.1, 0.15) is 39.5 Å². The monoisotopic (exact) mass is 308 g/mol. The third-order valence-corrected chi connectivity index (χ3v) is 2.59. The van der Waals surface area contributed by atoms with Crippen molar-refractivity contribution in [2.75, 3.05) is 6.61 Å². The number of rotatable bonds is 3. The van der Waals surface area contributed by atoms with E-state index in [9.17, 15) is 0 Å². The van der Waals surface area contributed by atoms with Crippen LogP contribution in [-0.4, -0.2) is 18.5 Å². The largest absolute Gasteiger partial charge is 0.347 e. The Bertz CT molecular complexity index is 434. The highest BCUT2D eigenvalue weighted by atomic mass is 79.9. The lowest BCUT2D eigenvalue weighted by atomic mass is 10.2. The first-order valence-electron chi connectivity index (χ1n) is 6.03. The molecule has 0 N–H and O–H groups in total. The molecule has 0 spiro atoms. The molecule has 0 aromatic heterocycles. The number of hydrogen-bond acceptors (Lipinski definition) is 2. The molecular weight excluding hydrogens is 292 g/mol. The van der Waals surface area contributed by atoms with Gasteiger partial charge in [-0.25, -0.2) is 0 Å². The number of hydrogen-bond donors (Lipinski definition) is 0. The van der Waals surface area contributed by atoms with Gasteiger partial charge >= 0.3 is 0 Å². The van der Waals surface area contributed by atoms with E-state index in [2.05, 4.69) is 50.4 Å². The Balaban J connectivity index is 2.15. The molecule has 0 aromatic rings. The lowest BCUT2D eigenvalue weighted by Gasteiger charge is -2.14. The summed E-state index contributed by atoms with van der Waals surface area (Å²) in [7, 11) is 0. The van der Waals surface area contributed by atoms with Crippen LogP contribution >= 0.6 is 15.9 Å².